The molecule has 1 aliphatic heterocycles. The fraction of sp³-hybridized carbons (Fsp3) is 0.333. The number of Topliss-reactive ketones (excluding diaryl/α,β-unsaturated/α-hetero) is 1. The number of hydrogen-bond acceptors (Lipinski definition) is 4. The van der Waals surface area contributed by atoms with Gasteiger partial charge in [0, 0.05) is 11.4 Å². The topological polar surface area (TPSA) is 37.4 Å². The summed E-state index contributed by atoms with van der Waals surface area (Å²) < 4.78 is 1.47. The predicted molar refractivity (Wildman–Crippen MR) is 137 cm³/mol. The second-order valence-corrected chi connectivity index (χ2v) is 10.7. The molecule has 1 saturated carbocycles. The van der Waals surface area contributed by atoms with Gasteiger partial charge in [0.1, 0.15) is 11.5 Å². The van der Waals surface area contributed by atoms with Gasteiger partial charge in [0.05, 0.1) is 0 Å². The van der Waals surface area contributed by atoms with Gasteiger partial charge in [-0.15, -0.1) is 0 Å². The summed E-state index contributed by atoms with van der Waals surface area (Å²) in [6.07, 6.45) is 6.48. The molecule has 1 saturated heterocycles. The van der Waals surface area contributed by atoms with Gasteiger partial charge in [0.2, 0.25) is 5.91 Å². The molecule has 3 aromatic rings. The van der Waals surface area contributed by atoms with Crippen LogP contribution in [0.3, 0.4) is 0 Å². The van der Waals surface area contributed by atoms with Gasteiger partial charge >= 0.3 is 0 Å². The SMILES string of the molecule is O=C1CC(c2ccc(C3CCCCC3)cc2)(c2ccsc2)N(S)C(=O)C1c1ccccc1Cl. The summed E-state index contributed by atoms with van der Waals surface area (Å²) in [4.78, 5) is 27.2. The number of piperidine rings is 1. The Bertz CT molecular complexity index is 1160. The van der Waals surface area contributed by atoms with E-state index in [1.807, 2.05) is 16.8 Å². The quantitative estimate of drug-likeness (QED) is 0.309. The van der Waals surface area contributed by atoms with Crippen molar-refractivity contribution in [1.29, 1.82) is 0 Å². The number of carbonyl (C=O) groups is 2. The van der Waals surface area contributed by atoms with Crippen molar-refractivity contribution in [3.05, 3.63) is 92.6 Å². The molecular weight excluding hydrogens is 470 g/mol. The first-order valence-electron chi connectivity index (χ1n) is 11.5. The average Bonchev–Trinajstić information content (AvgIpc) is 3.39. The Hall–Kier alpha value is -2.08. The molecule has 1 aromatic heterocycles. The molecule has 2 fully saturated rings. The lowest BCUT2D eigenvalue weighted by Gasteiger charge is -2.46. The fourth-order valence-corrected chi connectivity index (χ4v) is 6.86. The molecule has 2 unspecified atom stereocenters. The average molecular weight is 496 g/mol. The summed E-state index contributed by atoms with van der Waals surface area (Å²) in [5.74, 6) is -0.827. The van der Waals surface area contributed by atoms with Gasteiger partial charge in [-0.05, 0) is 63.9 Å². The van der Waals surface area contributed by atoms with Crippen LogP contribution in [0.1, 0.15) is 72.6 Å². The lowest BCUT2D eigenvalue weighted by Crippen LogP contribution is -2.54. The van der Waals surface area contributed by atoms with E-state index in [2.05, 4.69) is 24.3 Å². The molecule has 0 N–H and O–H groups in total. The van der Waals surface area contributed by atoms with Crippen molar-refractivity contribution in [1.82, 2.24) is 4.31 Å². The van der Waals surface area contributed by atoms with E-state index in [1.54, 1.807) is 35.6 Å². The van der Waals surface area contributed by atoms with Gasteiger partial charge in [-0.1, -0.05) is 86.1 Å². The van der Waals surface area contributed by atoms with Crippen molar-refractivity contribution >= 4 is 47.4 Å². The summed E-state index contributed by atoms with van der Waals surface area (Å²) in [5.41, 5.74) is 2.76. The van der Waals surface area contributed by atoms with E-state index >= 15 is 0 Å². The second kappa shape index (κ2) is 9.28. The van der Waals surface area contributed by atoms with Crippen LogP contribution in [0.2, 0.25) is 5.02 Å². The maximum Gasteiger partial charge on any atom is 0.248 e. The molecule has 2 heterocycles. The monoisotopic (exact) mass is 495 g/mol. The lowest BCUT2D eigenvalue weighted by atomic mass is 9.72. The van der Waals surface area contributed by atoms with E-state index in [-0.39, 0.29) is 18.1 Å². The van der Waals surface area contributed by atoms with Crippen LogP contribution in [0, 0.1) is 0 Å². The van der Waals surface area contributed by atoms with Crippen LogP contribution in [0.15, 0.2) is 65.4 Å². The molecule has 2 aliphatic rings. The Morgan fingerprint density at radius 2 is 1.67 bits per heavy atom. The van der Waals surface area contributed by atoms with Gasteiger partial charge < -0.3 is 0 Å². The Labute approximate surface area is 209 Å². The highest BCUT2D eigenvalue weighted by molar-refractivity contribution is 7.78. The molecular formula is C27H26ClNO2S2. The molecule has 6 heteroatoms. The minimum absolute atomic E-state index is 0.138. The third kappa shape index (κ3) is 3.94. The molecule has 3 nitrogen and oxygen atoms in total. The fourth-order valence-electron chi connectivity index (χ4n) is 5.47. The Kier molecular flexibility index (Phi) is 6.39. The zero-order chi connectivity index (χ0) is 23.0. The van der Waals surface area contributed by atoms with Crippen molar-refractivity contribution in [3.8, 4) is 0 Å². The minimum atomic E-state index is -0.944. The summed E-state index contributed by atoms with van der Waals surface area (Å²) >= 11 is 12.7. The second-order valence-electron chi connectivity index (χ2n) is 9.08. The van der Waals surface area contributed by atoms with Gasteiger partial charge in [-0.3, -0.25) is 13.9 Å². The van der Waals surface area contributed by atoms with E-state index in [1.165, 1.54) is 42.0 Å². The number of benzene rings is 2. The van der Waals surface area contributed by atoms with Gasteiger partial charge in [0.15, 0.2) is 5.78 Å². The number of rotatable bonds is 4. The van der Waals surface area contributed by atoms with Crippen LogP contribution in [0.4, 0.5) is 0 Å². The van der Waals surface area contributed by atoms with Crippen molar-refractivity contribution in [2.75, 3.05) is 0 Å². The van der Waals surface area contributed by atoms with Gasteiger partial charge in [0.25, 0.3) is 0 Å². The molecule has 1 amide bonds. The number of thiol groups is 1. The van der Waals surface area contributed by atoms with Crippen LogP contribution < -0.4 is 0 Å². The summed E-state index contributed by atoms with van der Waals surface area (Å²) in [5, 5.41) is 4.41. The molecule has 0 bridgehead atoms. The van der Waals surface area contributed by atoms with Crippen LogP contribution in [-0.4, -0.2) is 16.0 Å². The van der Waals surface area contributed by atoms with E-state index in [0.29, 0.717) is 16.5 Å². The van der Waals surface area contributed by atoms with Crippen LogP contribution >= 0.6 is 35.8 Å². The standard InChI is InChI=1S/C27H26ClNO2S2/c28-23-9-5-4-8-22(23)25-24(30)16-27(29(32)26(25)31,21-14-15-33-17-21)20-12-10-19(11-13-20)18-6-2-1-3-7-18/h4-5,8-15,17-18,25,32H,1-3,6-7,16H2. The Morgan fingerprint density at radius 1 is 0.939 bits per heavy atom. The van der Waals surface area contributed by atoms with Gasteiger partial charge in [-0.25, -0.2) is 0 Å². The maximum absolute atomic E-state index is 13.7. The first-order valence-corrected chi connectivity index (χ1v) is 13.2. The van der Waals surface area contributed by atoms with E-state index < -0.39 is 11.5 Å². The van der Waals surface area contributed by atoms with E-state index in [4.69, 9.17) is 24.4 Å². The first kappa shape index (κ1) is 22.7. The molecule has 1 aliphatic carbocycles. The lowest BCUT2D eigenvalue weighted by molar-refractivity contribution is -0.142. The summed E-state index contributed by atoms with van der Waals surface area (Å²) in [6.45, 7) is 0. The molecule has 0 spiro atoms. The molecule has 0 radical (unpaired) electrons. The van der Waals surface area contributed by atoms with E-state index in [9.17, 15) is 9.59 Å². The molecule has 170 valence electrons. The highest BCUT2D eigenvalue weighted by Gasteiger charge is 2.52. The molecule has 33 heavy (non-hydrogen) atoms. The molecule has 5 rings (SSSR count). The van der Waals surface area contributed by atoms with Gasteiger partial charge in [-0.2, -0.15) is 11.3 Å². The van der Waals surface area contributed by atoms with E-state index in [0.717, 1.165) is 11.1 Å². The largest absolute Gasteiger partial charge is 0.298 e. The third-order valence-electron chi connectivity index (χ3n) is 7.25. The highest BCUT2D eigenvalue weighted by Crippen LogP contribution is 2.48. The van der Waals surface area contributed by atoms with Crippen molar-refractivity contribution in [2.45, 2.75) is 55.9 Å². The number of thiophene rings is 1. The predicted octanol–water partition coefficient (Wildman–Crippen LogP) is 7.12. The maximum atomic E-state index is 13.7. The highest BCUT2D eigenvalue weighted by atomic mass is 35.5. The summed E-state index contributed by atoms with van der Waals surface area (Å²) in [6, 6.07) is 17.6. The van der Waals surface area contributed by atoms with Crippen LogP contribution in [0.5, 0.6) is 0 Å². The summed E-state index contributed by atoms with van der Waals surface area (Å²) in [7, 11) is 0. The zero-order valence-electron chi connectivity index (χ0n) is 18.2. The zero-order valence-corrected chi connectivity index (χ0v) is 20.7. The third-order valence-corrected chi connectivity index (χ3v) is 8.82. The first-order chi connectivity index (χ1) is 16.0. The molecule has 2 atom stereocenters. The molecule has 2 aromatic carbocycles. The van der Waals surface area contributed by atoms with Crippen molar-refractivity contribution in [3.63, 3.8) is 0 Å². The number of hydrogen-bond donors (Lipinski definition) is 1. The smallest absolute Gasteiger partial charge is 0.248 e. The number of amides is 1. The minimum Gasteiger partial charge on any atom is -0.298 e. The number of carbonyl (C=O) groups excluding carboxylic acids is 2. The number of nitrogens with zero attached hydrogens (tertiary/aromatic N) is 1. The normalized spacial score (nSPS) is 24.3. The van der Waals surface area contributed by atoms with Crippen molar-refractivity contribution < 1.29 is 9.59 Å². The number of ketones is 1. The van der Waals surface area contributed by atoms with Crippen LogP contribution in [0.25, 0.3) is 0 Å². The number of halogens is 1. The Balaban J connectivity index is 1.56. The Morgan fingerprint density at radius 3 is 2.33 bits per heavy atom. The van der Waals surface area contributed by atoms with Crippen LogP contribution in [-0.2, 0) is 15.1 Å². The van der Waals surface area contributed by atoms with Crippen molar-refractivity contribution in [2.24, 2.45) is 0 Å².